The Hall–Kier alpha value is -2.35. The molecule has 0 aliphatic heterocycles. The van der Waals surface area contributed by atoms with Gasteiger partial charge in [0.25, 0.3) is 0 Å². The number of rotatable bonds is 1. The summed E-state index contributed by atoms with van der Waals surface area (Å²) in [5, 5.41) is 5.48. The average Bonchev–Trinajstić information content (AvgIpc) is 2.50. The summed E-state index contributed by atoms with van der Waals surface area (Å²) in [4.78, 5) is 10.2. The lowest BCUT2D eigenvalue weighted by molar-refractivity contribution is -0.151. The van der Waals surface area contributed by atoms with Crippen molar-refractivity contribution in [2.24, 2.45) is 0 Å². The maximum atomic E-state index is 10.2. The lowest BCUT2D eigenvalue weighted by Gasteiger charge is -2.17. The molecule has 2 heteroatoms. The first-order valence-electron chi connectivity index (χ1n) is 8.41. The third-order valence-electron chi connectivity index (χ3n) is 3.69. The molecule has 2 nitrogen and oxygen atoms in total. The SMILES string of the molecule is C.C.CC(=O)OC(C)(C)C.CCc1c2ccccc2cc2ccccc12. The van der Waals surface area contributed by atoms with Crippen LogP contribution in [-0.2, 0) is 16.0 Å². The summed E-state index contributed by atoms with van der Waals surface area (Å²) in [6, 6.07) is 19.6. The number of ether oxygens (including phenoxy) is 1. The summed E-state index contributed by atoms with van der Waals surface area (Å²) < 4.78 is 4.80. The molecule has 0 saturated heterocycles. The second-order valence-corrected chi connectivity index (χ2v) is 6.86. The van der Waals surface area contributed by atoms with Gasteiger partial charge in [-0.2, -0.15) is 0 Å². The average molecular weight is 355 g/mol. The van der Waals surface area contributed by atoms with Crippen LogP contribution in [0.25, 0.3) is 21.5 Å². The van der Waals surface area contributed by atoms with Crippen LogP contribution in [-0.4, -0.2) is 11.6 Å². The second-order valence-electron chi connectivity index (χ2n) is 6.86. The number of hydrogen-bond donors (Lipinski definition) is 0. The number of esters is 1. The van der Waals surface area contributed by atoms with E-state index in [1.165, 1.54) is 34.0 Å². The first-order chi connectivity index (χ1) is 11.3. The van der Waals surface area contributed by atoms with Gasteiger partial charge >= 0.3 is 5.97 Å². The Kier molecular flexibility index (Phi) is 9.06. The molecule has 0 fully saturated rings. The number of aryl methyl sites for hydroxylation is 1. The monoisotopic (exact) mass is 354 g/mol. The lowest BCUT2D eigenvalue weighted by atomic mass is 9.95. The smallest absolute Gasteiger partial charge is 0.303 e. The Bertz CT molecular complexity index is 788. The van der Waals surface area contributed by atoms with Gasteiger partial charge in [-0.05, 0) is 60.4 Å². The van der Waals surface area contributed by atoms with Gasteiger partial charge < -0.3 is 4.74 Å². The van der Waals surface area contributed by atoms with Crippen molar-refractivity contribution < 1.29 is 9.53 Å². The second kappa shape index (κ2) is 9.96. The molecule has 0 heterocycles. The van der Waals surface area contributed by atoms with Crippen molar-refractivity contribution >= 4 is 27.5 Å². The molecule has 0 atom stereocenters. The molecule has 0 unspecified atom stereocenters. The fraction of sp³-hybridized carbons (Fsp3) is 0.375. The summed E-state index contributed by atoms with van der Waals surface area (Å²) in [5.41, 5.74) is 1.14. The summed E-state index contributed by atoms with van der Waals surface area (Å²) in [6.07, 6.45) is 1.09. The van der Waals surface area contributed by atoms with Crippen molar-refractivity contribution in [2.75, 3.05) is 0 Å². The van der Waals surface area contributed by atoms with Gasteiger partial charge in [-0.3, -0.25) is 4.79 Å². The van der Waals surface area contributed by atoms with Crippen LogP contribution >= 0.6 is 0 Å². The molecule has 0 aliphatic rings. The Morgan fingerprint density at radius 1 is 0.885 bits per heavy atom. The highest BCUT2D eigenvalue weighted by Gasteiger charge is 2.11. The van der Waals surface area contributed by atoms with Crippen LogP contribution in [0.5, 0.6) is 0 Å². The Morgan fingerprint density at radius 3 is 1.62 bits per heavy atom. The molecule has 0 bridgehead atoms. The van der Waals surface area contributed by atoms with Crippen molar-refractivity contribution in [3.05, 3.63) is 60.2 Å². The van der Waals surface area contributed by atoms with E-state index in [4.69, 9.17) is 4.74 Å². The highest BCUT2D eigenvalue weighted by atomic mass is 16.6. The van der Waals surface area contributed by atoms with E-state index < -0.39 is 0 Å². The van der Waals surface area contributed by atoms with Gasteiger partial charge in [-0.15, -0.1) is 0 Å². The van der Waals surface area contributed by atoms with Crippen LogP contribution in [0.15, 0.2) is 54.6 Å². The standard InChI is InChI=1S/C16H14.C6H12O2.2CH4/c1-2-14-15-9-5-3-7-12(15)11-13-8-4-6-10-16(13)14;1-5(7)8-6(2,3)4;;/h3-11H,2H2,1H3;1-4H3;2*1H4. The summed E-state index contributed by atoms with van der Waals surface area (Å²) in [6.45, 7) is 9.16. The third kappa shape index (κ3) is 6.18. The van der Waals surface area contributed by atoms with Crippen LogP contribution in [0.3, 0.4) is 0 Å². The molecule has 0 radical (unpaired) electrons. The molecule has 3 rings (SSSR count). The number of hydrogen-bond acceptors (Lipinski definition) is 2. The van der Waals surface area contributed by atoms with Gasteiger partial charge in [-0.1, -0.05) is 70.3 Å². The van der Waals surface area contributed by atoms with E-state index in [9.17, 15) is 4.79 Å². The number of benzene rings is 3. The zero-order valence-corrected chi connectivity index (χ0v) is 15.2. The Labute approximate surface area is 159 Å². The molecule has 142 valence electrons. The molecule has 0 aromatic heterocycles. The lowest BCUT2D eigenvalue weighted by Crippen LogP contribution is -2.21. The van der Waals surface area contributed by atoms with Gasteiger partial charge in [0.15, 0.2) is 0 Å². The summed E-state index contributed by atoms with van der Waals surface area (Å²) in [7, 11) is 0. The van der Waals surface area contributed by atoms with Crippen LogP contribution in [0.2, 0.25) is 0 Å². The minimum Gasteiger partial charge on any atom is -0.460 e. The number of fused-ring (bicyclic) bond motifs is 2. The zero-order chi connectivity index (χ0) is 17.7. The molecule has 3 aromatic rings. The molecule has 3 aromatic carbocycles. The molecule has 0 aliphatic carbocycles. The van der Waals surface area contributed by atoms with E-state index in [1.54, 1.807) is 0 Å². The van der Waals surface area contributed by atoms with E-state index in [-0.39, 0.29) is 26.4 Å². The quantitative estimate of drug-likeness (QED) is 0.342. The van der Waals surface area contributed by atoms with E-state index in [2.05, 4.69) is 61.5 Å². The molecule has 0 N–H and O–H groups in total. The summed E-state index contributed by atoms with van der Waals surface area (Å²) >= 11 is 0. The first kappa shape index (κ1) is 23.7. The van der Waals surface area contributed by atoms with Crippen LogP contribution in [0, 0.1) is 0 Å². The topological polar surface area (TPSA) is 26.3 Å². The van der Waals surface area contributed by atoms with Crippen LogP contribution in [0.4, 0.5) is 0 Å². The molecular formula is C24H34O2. The number of carbonyl (C=O) groups is 1. The van der Waals surface area contributed by atoms with E-state index in [1.807, 2.05) is 20.8 Å². The minimum absolute atomic E-state index is 0. The van der Waals surface area contributed by atoms with Gasteiger partial charge in [0.05, 0.1) is 0 Å². The molecule has 26 heavy (non-hydrogen) atoms. The largest absolute Gasteiger partial charge is 0.460 e. The zero-order valence-electron chi connectivity index (χ0n) is 15.2. The molecule has 0 spiro atoms. The van der Waals surface area contributed by atoms with E-state index >= 15 is 0 Å². The van der Waals surface area contributed by atoms with Crippen LogP contribution < -0.4 is 0 Å². The Morgan fingerprint density at radius 2 is 1.31 bits per heavy atom. The van der Waals surface area contributed by atoms with E-state index in [0.29, 0.717) is 0 Å². The van der Waals surface area contributed by atoms with Gasteiger partial charge in [0.1, 0.15) is 5.60 Å². The van der Waals surface area contributed by atoms with Crippen molar-refractivity contribution in [3.8, 4) is 0 Å². The predicted octanol–water partition coefficient (Wildman–Crippen LogP) is 7.18. The van der Waals surface area contributed by atoms with Gasteiger partial charge in [0, 0.05) is 6.92 Å². The van der Waals surface area contributed by atoms with E-state index in [0.717, 1.165) is 6.42 Å². The highest BCUT2D eigenvalue weighted by molar-refractivity contribution is 6.02. The predicted molar refractivity (Wildman–Crippen MR) is 116 cm³/mol. The van der Waals surface area contributed by atoms with Crippen molar-refractivity contribution in [1.29, 1.82) is 0 Å². The maximum Gasteiger partial charge on any atom is 0.303 e. The summed E-state index contributed by atoms with van der Waals surface area (Å²) in [5.74, 6) is -0.225. The molecule has 0 saturated carbocycles. The molecule has 0 amide bonds. The fourth-order valence-corrected chi connectivity index (χ4v) is 2.92. The van der Waals surface area contributed by atoms with Gasteiger partial charge in [-0.25, -0.2) is 0 Å². The number of carbonyl (C=O) groups excluding carboxylic acids is 1. The highest BCUT2D eigenvalue weighted by Crippen LogP contribution is 2.28. The third-order valence-corrected chi connectivity index (χ3v) is 3.69. The van der Waals surface area contributed by atoms with Gasteiger partial charge in [0.2, 0.25) is 0 Å². The Balaban J connectivity index is 0.000000547. The first-order valence-corrected chi connectivity index (χ1v) is 8.41. The fourth-order valence-electron chi connectivity index (χ4n) is 2.92. The normalized spacial score (nSPS) is 10.2. The minimum atomic E-state index is -0.328. The van der Waals surface area contributed by atoms with Crippen molar-refractivity contribution in [3.63, 3.8) is 0 Å². The maximum absolute atomic E-state index is 10.2. The van der Waals surface area contributed by atoms with Crippen LogP contribution in [0.1, 0.15) is 55.0 Å². The van der Waals surface area contributed by atoms with Crippen molar-refractivity contribution in [1.82, 2.24) is 0 Å². The molecular weight excluding hydrogens is 320 g/mol. The van der Waals surface area contributed by atoms with Crippen molar-refractivity contribution in [2.45, 2.75) is 61.5 Å².